The van der Waals surface area contributed by atoms with Crippen molar-refractivity contribution in [2.24, 2.45) is 13.0 Å². The zero-order chi connectivity index (χ0) is 25.7. The van der Waals surface area contributed by atoms with Crippen LogP contribution in [0.25, 0.3) is 33.2 Å². The number of nitrogens with one attached hydrogen (secondary N) is 1. The highest BCUT2D eigenvalue weighted by molar-refractivity contribution is 7.91. The molecule has 190 valence electrons. The van der Waals surface area contributed by atoms with Crippen LogP contribution < -0.4 is 0 Å². The van der Waals surface area contributed by atoms with Gasteiger partial charge in [-0.15, -0.1) is 5.10 Å². The number of hydrogen-bond donors (Lipinski definition) is 1. The average Bonchev–Trinajstić information content (AvgIpc) is 3.40. The first kappa shape index (κ1) is 23.8. The maximum absolute atomic E-state index is 12.8. The van der Waals surface area contributed by atoms with Crippen LogP contribution in [0.15, 0.2) is 65.7 Å². The Bertz CT molecular complexity index is 1700. The minimum Gasteiger partial charge on any atom is -0.381 e. The van der Waals surface area contributed by atoms with Crippen LogP contribution in [0, 0.1) is 17.6 Å². The summed E-state index contributed by atoms with van der Waals surface area (Å²) in [7, 11) is -1.00. The molecule has 2 atom stereocenters. The largest absolute Gasteiger partial charge is 0.381 e. The van der Waals surface area contributed by atoms with Crippen LogP contribution in [0.5, 0.6) is 0 Å². The summed E-state index contributed by atoms with van der Waals surface area (Å²) in [5, 5.41) is 9.43. The van der Waals surface area contributed by atoms with E-state index in [9.17, 15) is 4.21 Å². The first-order valence-electron chi connectivity index (χ1n) is 12.5. The van der Waals surface area contributed by atoms with Crippen molar-refractivity contribution in [3.05, 3.63) is 72.1 Å². The summed E-state index contributed by atoms with van der Waals surface area (Å²) < 4.78 is 30.9. The number of pyridine rings is 1. The Morgan fingerprint density at radius 3 is 2.51 bits per heavy atom. The quantitative estimate of drug-likeness (QED) is 0.341. The smallest absolute Gasteiger partial charge is 0.0960 e. The molecule has 0 aliphatic carbocycles. The lowest BCUT2D eigenvalue weighted by Gasteiger charge is -2.33. The Labute approximate surface area is 216 Å². The van der Waals surface area contributed by atoms with Gasteiger partial charge in [0, 0.05) is 48.6 Å². The number of aromatic nitrogens is 5. The second kappa shape index (κ2) is 9.08. The van der Waals surface area contributed by atoms with Gasteiger partial charge in [-0.3, -0.25) is 4.98 Å². The molecule has 1 saturated heterocycles. The van der Waals surface area contributed by atoms with E-state index in [0.717, 1.165) is 64.9 Å². The summed E-state index contributed by atoms with van der Waals surface area (Å²) in [6.07, 6.45) is 5.25. The fraction of sp³-hybridized carbons (Fsp3) is 0.321. The molecule has 0 bridgehead atoms. The number of nitrogens with zero attached hydrogens (tertiary/aromatic N) is 5. The van der Waals surface area contributed by atoms with Gasteiger partial charge in [0.25, 0.3) is 0 Å². The number of aryl methyl sites for hydroxylation is 2. The predicted octanol–water partition coefficient (Wildman–Crippen LogP) is 5.34. The monoisotopic (exact) mass is 514 g/mol. The van der Waals surface area contributed by atoms with Crippen molar-refractivity contribution in [1.82, 2.24) is 24.5 Å². The van der Waals surface area contributed by atoms with E-state index >= 15 is 0 Å². The topological polar surface area (TPSA) is 98.7 Å². The molecule has 8 nitrogen and oxygen atoms in total. The van der Waals surface area contributed by atoms with Crippen LogP contribution in [0.4, 0.5) is 0 Å². The van der Waals surface area contributed by atoms with Gasteiger partial charge >= 0.3 is 0 Å². The number of fused-ring (bicyclic) bond motifs is 3. The standard InChI is InChI=1S/C28H30N6O2S/c1-18-27(33(2)32-31-18)21-15-25-26(30-17-21)23-10-9-22(37(3,29)35)16-24(23)34(25)28(19-7-5-4-6-8-19)20-11-13-36-14-12-20/h4-10,15-17,20,28-29H,11-14H2,1-3H3/t28-,37?/m1/s1. The molecule has 5 aromatic rings. The van der Waals surface area contributed by atoms with Crippen LogP contribution >= 0.6 is 0 Å². The molecule has 1 aliphatic heterocycles. The fourth-order valence-electron chi connectivity index (χ4n) is 5.73. The molecule has 0 spiro atoms. The number of benzene rings is 2. The molecule has 9 heteroatoms. The molecule has 4 heterocycles. The lowest BCUT2D eigenvalue weighted by Crippen LogP contribution is -2.27. The SMILES string of the molecule is Cc1nnn(C)c1-c1cnc2c3ccc(S(C)(=N)=O)cc3n([C@H](c3ccccc3)C3CCOCC3)c2c1. The fourth-order valence-corrected chi connectivity index (χ4v) is 6.39. The summed E-state index contributed by atoms with van der Waals surface area (Å²) in [5.41, 5.74) is 6.76. The molecular weight excluding hydrogens is 484 g/mol. The zero-order valence-electron chi connectivity index (χ0n) is 21.2. The van der Waals surface area contributed by atoms with Gasteiger partial charge in [-0.05, 0) is 55.5 Å². The van der Waals surface area contributed by atoms with Crippen LogP contribution in [-0.4, -0.2) is 48.2 Å². The highest BCUT2D eigenvalue weighted by Crippen LogP contribution is 2.41. The minimum atomic E-state index is -2.89. The van der Waals surface area contributed by atoms with Gasteiger partial charge < -0.3 is 9.30 Å². The molecular formula is C28H30N6O2S. The summed E-state index contributed by atoms with van der Waals surface area (Å²) in [4.78, 5) is 5.47. The van der Waals surface area contributed by atoms with Crippen molar-refractivity contribution in [1.29, 1.82) is 4.78 Å². The molecule has 1 unspecified atom stereocenters. The lowest BCUT2D eigenvalue weighted by molar-refractivity contribution is 0.0553. The van der Waals surface area contributed by atoms with Crippen LogP contribution in [0.2, 0.25) is 0 Å². The summed E-state index contributed by atoms with van der Waals surface area (Å²) in [6.45, 7) is 3.42. The van der Waals surface area contributed by atoms with E-state index in [0.29, 0.717) is 10.8 Å². The highest BCUT2D eigenvalue weighted by Gasteiger charge is 2.30. The molecule has 0 radical (unpaired) electrons. The van der Waals surface area contributed by atoms with Crippen molar-refractivity contribution in [2.45, 2.75) is 30.7 Å². The molecule has 1 N–H and O–H groups in total. The van der Waals surface area contributed by atoms with Crippen LogP contribution in [0.1, 0.15) is 30.1 Å². The van der Waals surface area contributed by atoms with Crippen LogP contribution in [-0.2, 0) is 21.5 Å². The number of ether oxygens (including phenoxy) is 1. The molecule has 0 saturated carbocycles. The van der Waals surface area contributed by atoms with Crippen molar-refractivity contribution in [3.8, 4) is 11.3 Å². The maximum Gasteiger partial charge on any atom is 0.0960 e. The van der Waals surface area contributed by atoms with Crippen LogP contribution in [0.3, 0.4) is 0 Å². The van der Waals surface area contributed by atoms with Gasteiger partial charge in [-0.2, -0.15) is 0 Å². The molecule has 0 amide bonds. The number of rotatable bonds is 5. The molecule has 1 aliphatic rings. The highest BCUT2D eigenvalue weighted by atomic mass is 32.2. The van der Waals surface area contributed by atoms with E-state index < -0.39 is 9.73 Å². The van der Waals surface area contributed by atoms with E-state index in [1.165, 1.54) is 11.8 Å². The molecule has 6 rings (SSSR count). The molecule has 37 heavy (non-hydrogen) atoms. The van der Waals surface area contributed by atoms with Gasteiger partial charge in [0.05, 0.1) is 43.7 Å². The summed E-state index contributed by atoms with van der Waals surface area (Å²) in [6, 6.07) is 18.5. The third-order valence-corrected chi connectivity index (χ3v) is 8.61. The zero-order valence-corrected chi connectivity index (χ0v) is 22.0. The van der Waals surface area contributed by atoms with E-state index in [2.05, 4.69) is 45.2 Å². The van der Waals surface area contributed by atoms with Crippen molar-refractivity contribution >= 4 is 31.7 Å². The first-order valence-corrected chi connectivity index (χ1v) is 14.5. The van der Waals surface area contributed by atoms with E-state index in [-0.39, 0.29) is 6.04 Å². The van der Waals surface area contributed by atoms with Gasteiger partial charge in [0.1, 0.15) is 0 Å². The Balaban J connectivity index is 1.71. The van der Waals surface area contributed by atoms with Crippen molar-refractivity contribution in [3.63, 3.8) is 0 Å². The van der Waals surface area contributed by atoms with Crippen molar-refractivity contribution in [2.75, 3.05) is 19.5 Å². The van der Waals surface area contributed by atoms with E-state index in [1.54, 1.807) is 10.7 Å². The Morgan fingerprint density at radius 2 is 1.84 bits per heavy atom. The third kappa shape index (κ3) is 4.12. The van der Waals surface area contributed by atoms with Gasteiger partial charge in [0.2, 0.25) is 0 Å². The molecule has 3 aromatic heterocycles. The van der Waals surface area contributed by atoms with Gasteiger partial charge in [0.15, 0.2) is 0 Å². The Kier molecular flexibility index (Phi) is 5.84. The second-order valence-electron chi connectivity index (χ2n) is 9.94. The third-order valence-electron chi connectivity index (χ3n) is 7.46. The van der Waals surface area contributed by atoms with Crippen molar-refractivity contribution < 1.29 is 8.95 Å². The summed E-state index contributed by atoms with van der Waals surface area (Å²) in [5.74, 6) is 0.351. The predicted molar refractivity (Wildman–Crippen MR) is 145 cm³/mol. The Hall–Kier alpha value is -3.56. The van der Waals surface area contributed by atoms with Gasteiger partial charge in [-0.1, -0.05) is 35.5 Å². The first-order chi connectivity index (χ1) is 17.8. The van der Waals surface area contributed by atoms with E-state index in [4.69, 9.17) is 14.5 Å². The van der Waals surface area contributed by atoms with Gasteiger partial charge in [-0.25, -0.2) is 13.7 Å². The average molecular weight is 515 g/mol. The normalized spacial score (nSPS) is 17.3. The second-order valence-corrected chi connectivity index (χ2v) is 12.1. The van der Waals surface area contributed by atoms with E-state index in [1.807, 2.05) is 38.4 Å². The summed E-state index contributed by atoms with van der Waals surface area (Å²) >= 11 is 0. The maximum atomic E-state index is 12.8. The molecule has 2 aromatic carbocycles. The minimum absolute atomic E-state index is 0.0294. The Morgan fingerprint density at radius 1 is 1.08 bits per heavy atom. The number of hydrogen-bond acceptors (Lipinski definition) is 6. The lowest BCUT2D eigenvalue weighted by atomic mass is 9.86. The molecule has 1 fully saturated rings.